The summed E-state index contributed by atoms with van der Waals surface area (Å²) < 4.78 is 10.5. The molecule has 0 aliphatic carbocycles. The summed E-state index contributed by atoms with van der Waals surface area (Å²) in [5.41, 5.74) is 3.17. The van der Waals surface area contributed by atoms with Gasteiger partial charge in [0, 0.05) is 19.3 Å². The lowest BCUT2D eigenvalue weighted by molar-refractivity contribution is 0.354. The molecular formula is C16H19ClN2O2. The van der Waals surface area contributed by atoms with Crippen molar-refractivity contribution in [1.29, 1.82) is 0 Å². The highest BCUT2D eigenvalue weighted by Gasteiger charge is 2.12. The fourth-order valence-electron chi connectivity index (χ4n) is 2.09. The number of pyridine rings is 1. The van der Waals surface area contributed by atoms with E-state index in [1.165, 1.54) is 5.56 Å². The number of ether oxygens (including phenoxy) is 2. The van der Waals surface area contributed by atoms with Crippen LogP contribution in [0.4, 0.5) is 0 Å². The number of aromatic nitrogens is 1. The summed E-state index contributed by atoms with van der Waals surface area (Å²) in [6.45, 7) is 3.37. The molecule has 0 amide bonds. The van der Waals surface area contributed by atoms with Crippen molar-refractivity contribution in [3.05, 3.63) is 52.3 Å². The zero-order valence-electron chi connectivity index (χ0n) is 12.4. The van der Waals surface area contributed by atoms with Crippen molar-refractivity contribution in [3.63, 3.8) is 0 Å². The quantitative estimate of drug-likeness (QED) is 0.889. The molecule has 0 aliphatic rings. The summed E-state index contributed by atoms with van der Waals surface area (Å²) in [5.74, 6) is 1.19. The number of rotatable bonds is 6. The highest BCUT2D eigenvalue weighted by Crippen LogP contribution is 2.37. The lowest BCUT2D eigenvalue weighted by Gasteiger charge is -2.13. The smallest absolute Gasteiger partial charge is 0.179 e. The van der Waals surface area contributed by atoms with Crippen LogP contribution in [-0.4, -0.2) is 19.2 Å². The molecule has 5 heteroatoms. The second-order valence-electron chi connectivity index (χ2n) is 4.64. The van der Waals surface area contributed by atoms with E-state index in [1.54, 1.807) is 20.4 Å². The zero-order chi connectivity index (χ0) is 15.2. The van der Waals surface area contributed by atoms with Crippen LogP contribution < -0.4 is 14.8 Å². The maximum Gasteiger partial charge on any atom is 0.179 e. The monoisotopic (exact) mass is 306 g/mol. The fourth-order valence-corrected chi connectivity index (χ4v) is 2.39. The first-order valence-electron chi connectivity index (χ1n) is 6.68. The van der Waals surface area contributed by atoms with Gasteiger partial charge in [-0.25, -0.2) is 0 Å². The summed E-state index contributed by atoms with van der Waals surface area (Å²) in [7, 11) is 3.17. The lowest BCUT2D eigenvalue weighted by Crippen LogP contribution is -2.15. The molecule has 0 bridgehead atoms. The number of aryl methyl sites for hydroxylation is 1. The van der Waals surface area contributed by atoms with Crippen LogP contribution in [0.15, 0.2) is 30.5 Å². The van der Waals surface area contributed by atoms with Crippen molar-refractivity contribution in [3.8, 4) is 11.5 Å². The van der Waals surface area contributed by atoms with Crippen LogP contribution in [0.25, 0.3) is 0 Å². The number of nitrogens with one attached hydrogen (secondary N) is 1. The number of hydrogen-bond acceptors (Lipinski definition) is 4. The van der Waals surface area contributed by atoms with Gasteiger partial charge in [-0.15, -0.1) is 0 Å². The Morgan fingerprint density at radius 1 is 1.14 bits per heavy atom. The molecule has 0 aliphatic heterocycles. The van der Waals surface area contributed by atoms with Crippen molar-refractivity contribution in [2.45, 2.75) is 20.0 Å². The first-order valence-corrected chi connectivity index (χ1v) is 7.05. The molecule has 2 rings (SSSR count). The number of methoxy groups -OCH3 is 2. The largest absolute Gasteiger partial charge is 0.493 e. The molecule has 112 valence electrons. The van der Waals surface area contributed by atoms with E-state index in [0.717, 1.165) is 11.3 Å². The number of benzene rings is 1. The van der Waals surface area contributed by atoms with E-state index >= 15 is 0 Å². The number of hydrogen-bond donors (Lipinski definition) is 1. The molecule has 0 saturated heterocycles. The minimum absolute atomic E-state index is 0.562. The molecule has 4 nitrogen and oxygen atoms in total. The Balaban J connectivity index is 2.05. The van der Waals surface area contributed by atoms with Gasteiger partial charge in [0.25, 0.3) is 0 Å². The van der Waals surface area contributed by atoms with E-state index in [9.17, 15) is 0 Å². The van der Waals surface area contributed by atoms with Crippen molar-refractivity contribution < 1.29 is 9.47 Å². The van der Waals surface area contributed by atoms with E-state index in [-0.39, 0.29) is 0 Å². The van der Waals surface area contributed by atoms with Crippen LogP contribution in [0.5, 0.6) is 11.5 Å². The second-order valence-corrected chi connectivity index (χ2v) is 5.02. The second kappa shape index (κ2) is 7.29. The van der Waals surface area contributed by atoms with Gasteiger partial charge in [-0.2, -0.15) is 0 Å². The molecule has 1 N–H and O–H groups in total. The number of nitrogens with zero attached hydrogens (tertiary/aromatic N) is 1. The van der Waals surface area contributed by atoms with E-state index in [4.69, 9.17) is 21.1 Å². The zero-order valence-corrected chi connectivity index (χ0v) is 13.2. The summed E-state index contributed by atoms with van der Waals surface area (Å²) in [4.78, 5) is 4.35. The van der Waals surface area contributed by atoms with E-state index < -0.39 is 0 Å². The molecule has 1 aromatic carbocycles. The molecular weight excluding hydrogens is 288 g/mol. The average molecular weight is 307 g/mol. The van der Waals surface area contributed by atoms with E-state index in [2.05, 4.69) is 10.3 Å². The van der Waals surface area contributed by atoms with Crippen LogP contribution in [0.1, 0.15) is 16.8 Å². The summed E-state index contributed by atoms with van der Waals surface area (Å²) in [5, 5.41) is 3.92. The van der Waals surface area contributed by atoms with Gasteiger partial charge < -0.3 is 14.8 Å². The molecule has 0 unspecified atom stereocenters. The third kappa shape index (κ3) is 3.65. The van der Waals surface area contributed by atoms with Crippen molar-refractivity contribution in [1.82, 2.24) is 10.3 Å². The molecule has 0 spiro atoms. The molecule has 0 fully saturated rings. The Labute approximate surface area is 130 Å². The predicted octanol–water partition coefficient (Wildman–Crippen LogP) is 3.35. The molecule has 0 atom stereocenters. The SMILES string of the molecule is COc1ccc(CNCc2ncccc2C)c(Cl)c1OC. The van der Waals surface area contributed by atoms with Crippen LogP contribution in [0, 0.1) is 6.92 Å². The van der Waals surface area contributed by atoms with E-state index in [1.807, 2.05) is 31.2 Å². The first-order chi connectivity index (χ1) is 10.2. The normalized spacial score (nSPS) is 10.5. The van der Waals surface area contributed by atoms with Crippen molar-refractivity contribution in [2.24, 2.45) is 0 Å². The van der Waals surface area contributed by atoms with Crippen molar-refractivity contribution >= 4 is 11.6 Å². The fraction of sp³-hybridized carbons (Fsp3) is 0.312. The minimum atomic E-state index is 0.562. The minimum Gasteiger partial charge on any atom is -0.493 e. The molecule has 21 heavy (non-hydrogen) atoms. The van der Waals surface area contributed by atoms with E-state index in [0.29, 0.717) is 29.6 Å². The Kier molecular flexibility index (Phi) is 5.42. The molecule has 1 aromatic heterocycles. The highest BCUT2D eigenvalue weighted by molar-refractivity contribution is 6.33. The molecule has 1 heterocycles. The van der Waals surface area contributed by atoms with Gasteiger partial charge in [-0.1, -0.05) is 23.7 Å². The van der Waals surface area contributed by atoms with Crippen LogP contribution >= 0.6 is 11.6 Å². The third-order valence-corrected chi connectivity index (χ3v) is 3.71. The third-order valence-electron chi connectivity index (χ3n) is 3.29. The molecule has 2 aromatic rings. The van der Waals surface area contributed by atoms with Gasteiger partial charge in [0.1, 0.15) is 0 Å². The first kappa shape index (κ1) is 15.6. The van der Waals surface area contributed by atoms with Gasteiger partial charge in [0.05, 0.1) is 24.9 Å². The van der Waals surface area contributed by atoms with Gasteiger partial charge in [-0.05, 0) is 30.2 Å². The Morgan fingerprint density at radius 2 is 1.95 bits per heavy atom. The predicted molar refractivity (Wildman–Crippen MR) is 84.1 cm³/mol. The Hall–Kier alpha value is -1.78. The van der Waals surface area contributed by atoms with Gasteiger partial charge in [0.15, 0.2) is 11.5 Å². The standard InChI is InChI=1S/C16H19ClN2O2/c1-11-5-4-8-19-13(11)10-18-9-12-6-7-14(20-2)16(21-3)15(12)17/h4-8,18H,9-10H2,1-3H3. The topological polar surface area (TPSA) is 43.4 Å². The molecule has 0 radical (unpaired) electrons. The van der Waals surface area contributed by atoms with Gasteiger partial charge in [0.2, 0.25) is 0 Å². The average Bonchev–Trinajstić information content (AvgIpc) is 2.50. The van der Waals surface area contributed by atoms with Crippen LogP contribution in [0.2, 0.25) is 5.02 Å². The van der Waals surface area contributed by atoms with Gasteiger partial charge in [-0.3, -0.25) is 4.98 Å². The highest BCUT2D eigenvalue weighted by atomic mass is 35.5. The Morgan fingerprint density at radius 3 is 2.62 bits per heavy atom. The van der Waals surface area contributed by atoms with Gasteiger partial charge >= 0.3 is 0 Å². The van der Waals surface area contributed by atoms with Crippen molar-refractivity contribution in [2.75, 3.05) is 14.2 Å². The Bertz CT molecular complexity index is 617. The summed E-state index contributed by atoms with van der Waals surface area (Å²) >= 11 is 6.35. The summed E-state index contributed by atoms with van der Waals surface area (Å²) in [6.07, 6.45) is 1.80. The van der Waals surface area contributed by atoms with Crippen LogP contribution in [0.3, 0.4) is 0 Å². The maximum atomic E-state index is 6.35. The maximum absolute atomic E-state index is 6.35. The summed E-state index contributed by atoms with van der Waals surface area (Å²) in [6, 6.07) is 7.77. The lowest BCUT2D eigenvalue weighted by atomic mass is 10.2. The van der Waals surface area contributed by atoms with Crippen LogP contribution in [-0.2, 0) is 13.1 Å². The number of halogens is 1. The molecule has 0 saturated carbocycles.